The molecule has 0 N–H and O–H groups in total. The molecule has 1 amide bonds. The van der Waals surface area contributed by atoms with E-state index in [1.165, 1.54) is 7.11 Å². The minimum atomic E-state index is 0.0384. The highest BCUT2D eigenvalue weighted by Crippen LogP contribution is 2.28. The van der Waals surface area contributed by atoms with Gasteiger partial charge in [0.25, 0.3) is 0 Å². The van der Waals surface area contributed by atoms with Crippen molar-refractivity contribution in [2.45, 2.75) is 18.8 Å². The first-order valence-corrected chi connectivity index (χ1v) is 7.43. The standard InChI is InChI=1S/C16H19N3O3/c1-21-11-14(20)19-9-7-13(8-10-19)16-17-15(18-22-16)12-5-3-2-4-6-12/h2-6,13H,7-11H2,1H3. The Morgan fingerprint density at radius 2 is 2.05 bits per heavy atom. The zero-order chi connectivity index (χ0) is 15.4. The summed E-state index contributed by atoms with van der Waals surface area (Å²) in [5.74, 6) is 1.54. The number of methoxy groups -OCH3 is 1. The van der Waals surface area contributed by atoms with Crippen LogP contribution in [0.5, 0.6) is 0 Å². The van der Waals surface area contributed by atoms with Gasteiger partial charge in [-0.15, -0.1) is 0 Å². The summed E-state index contributed by atoms with van der Waals surface area (Å²) in [6.07, 6.45) is 1.68. The topological polar surface area (TPSA) is 68.5 Å². The lowest BCUT2D eigenvalue weighted by molar-refractivity contribution is -0.136. The molecule has 1 fully saturated rings. The van der Waals surface area contributed by atoms with Gasteiger partial charge in [-0.05, 0) is 12.8 Å². The summed E-state index contributed by atoms with van der Waals surface area (Å²) >= 11 is 0. The van der Waals surface area contributed by atoms with E-state index in [1.54, 1.807) is 0 Å². The molecule has 0 unspecified atom stereocenters. The minimum absolute atomic E-state index is 0.0384. The van der Waals surface area contributed by atoms with Crippen molar-refractivity contribution in [1.82, 2.24) is 15.0 Å². The SMILES string of the molecule is COCC(=O)N1CCC(c2nc(-c3ccccc3)no2)CC1. The summed E-state index contributed by atoms with van der Waals surface area (Å²) in [5, 5.41) is 4.06. The Balaban J connectivity index is 1.63. The molecule has 0 atom stereocenters. The van der Waals surface area contributed by atoms with Crippen molar-refractivity contribution >= 4 is 5.91 Å². The molecule has 1 saturated heterocycles. The van der Waals surface area contributed by atoms with E-state index in [2.05, 4.69) is 10.1 Å². The first-order chi connectivity index (χ1) is 10.8. The van der Waals surface area contributed by atoms with E-state index in [-0.39, 0.29) is 18.4 Å². The zero-order valence-electron chi connectivity index (χ0n) is 12.6. The zero-order valence-corrected chi connectivity index (χ0v) is 12.6. The number of nitrogens with zero attached hydrogens (tertiary/aromatic N) is 3. The van der Waals surface area contributed by atoms with Gasteiger partial charge >= 0.3 is 0 Å². The molecular weight excluding hydrogens is 282 g/mol. The second-order valence-corrected chi connectivity index (χ2v) is 5.41. The van der Waals surface area contributed by atoms with Crippen LogP contribution in [0.1, 0.15) is 24.7 Å². The number of benzene rings is 1. The molecule has 0 spiro atoms. The Kier molecular flexibility index (Phi) is 4.48. The summed E-state index contributed by atoms with van der Waals surface area (Å²) in [4.78, 5) is 18.1. The fourth-order valence-corrected chi connectivity index (χ4v) is 2.70. The van der Waals surface area contributed by atoms with Gasteiger partial charge < -0.3 is 14.2 Å². The lowest BCUT2D eigenvalue weighted by atomic mass is 9.97. The van der Waals surface area contributed by atoms with E-state index in [0.717, 1.165) is 18.4 Å². The Labute approximate surface area is 129 Å². The van der Waals surface area contributed by atoms with Crippen molar-refractivity contribution in [2.24, 2.45) is 0 Å². The number of hydrogen-bond acceptors (Lipinski definition) is 5. The second-order valence-electron chi connectivity index (χ2n) is 5.41. The average Bonchev–Trinajstić information content (AvgIpc) is 3.06. The molecule has 22 heavy (non-hydrogen) atoms. The number of hydrogen-bond donors (Lipinski definition) is 0. The molecule has 2 aromatic rings. The maximum Gasteiger partial charge on any atom is 0.248 e. The van der Waals surface area contributed by atoms with Crippen LogP contribution in [0.15, 0.2) is 34.9 Å². The number of likely N-dealkylation sites (tertiary alicyclic amines) is 1. The van der Waals surface area contributed by atoms with Crippen LogP contribution >= 0.6 is 0 Å². The number of amides is 1. The fourth-order valence-electron chi connectivity index (χ4n) is 2.70. The van der Waals surface area contributed by atoms with Crippen LogP contribution in [0.25, 0.3) is 11.4 Å². The molecule has 1 aliphatic heterocycles. The largest absolute Gasteiger partial charge is 0.375 e. The van der Waals surface area contributed by atoms with Gasteiger partial charge in [-0.1, -0.05) is 35.5 Å². The number of piperidine rings is 1. The molecule has 0 radical (unpaired) electrons. The van der Waals surface area contributed by atoms with Crippen LogP contribution in [0.2, 0.25) is 0 Å². The second kappa shape index (κ2) is 6.70. The van der Waals surface area contributed by atoms with Gasteiger partial charge in [-0.2, -0.15) is 4.98 Å². The monoisotopic (exact) mass is 301 g/mol. The van der Waals surface area contributed by atoms with Gasteiger partial charge in [-0.3, -0.25) is 4.79 Å². The molecule has 6 nitrogen and oxygen atoms in total. The predicted octanol–water partition coefficient (Wildman–Crippen LogP) is 2.09. The molecule has 1 aromatic carbocycles. The molecule has 1 aromatic heterocycles. The Morgan fingerprint density at radius 1 is 1.32 bits per heavy atom. The molecule has 0 aliphatic carbocycles. The Bertz CT molecular complexity index is 619. The molecule has 2 heterocycles. The summed E-state index contributed by atoms with van der Waals surface area (Å²) in [5.41, 5.74) is 0.949. The summed E-state index contributed by atoms with van der Waals surface area (Å²) in [7, 11) is 1.54. The van der Waals surface area contributed by atoms with Gasteiger partial charge in [0.15, 0.2) is 0 Å². The van der Waals surface area contributed by atoms with Crippen LogP contribution in [-0.2, 0) is 9.53 Å². The van der Waals surface area contributed by atoms with Crippen LogP contribution in [0, 0.1) is 0 Å². The normalized spacial score (nSPS) is 16.0. The fraction of sp³-hybridized carbons (Fsp3) is 0.438. The van der Waals surface area contributed by atoms with Crippen molar-refractivity contribution in [3.63, 3.8) is 0 Å². The van der Waals surface area contributed by atoms with Gasteiger partial charge in [0.2, 0.25) is 17.6 Å². The average molecular weight is 301 g/mol. The number of aromatic nitrogens is 2. The van der Waals surface area contributed by atoms with Crippen LogP contribution < -0.4 is 0 Å². The molecule has 0 saturated carbocycles. The van der Waals surface area contributed by atoms with Crippen LogP contribution in [0.4, 0.5) is 0 Å². The van der Waals surface area contributed by atoms with E-state index >= 15 is 0 Å². The van der Waals surface area contributed by atoms with E-state index in [0.29, 0.717) is 24.8 Å². The third kappa shape index (κ3) is 3.17. The molecule has 1 aliphatic rings. The van der Waals surface area contributed by atoms with Crippen molar-refractivity contribution in [2.75, 3.05) is 26.8 Å². The van der Waals surface area contributed by atoms with E-state index in [1.807, 2.05) is 35.2 Å². The van der Waals surface area contributed by atoms with Crippen LogP contribution in [-0.4, -0.2) is 47.8 Å². The molecular formula is C16H19N3O3. The third-order valence-electron chi connectivity index (χ3n) is 3.94. The van der Waals surface area contributed by atoms with Crippen molar-refractivity contribution in [3.8, 4) is 11.4 Å². The first kappa shape index (κ1) is 14.7. The molecule has 6 heteroatoms. The van der Waals surface area contributed by atoms with Crippen LogP contribution in [0.3, 0.4) is 0 Å². The Morgan fingerprint density at radius 3 is 2.73 bits per heavy atom. The van der Waals surface area contributed by atoms with E-state index in [4.69, 9.17) is 9.26 Å². The summed E-state index contributed by atoms with van der Waals surface area (Å²) < 4.78 is 10.3. The summed E-state index contributed by atoms with van der Waals surface area (Å²) in [6.45, 7) is 1.55. The smallest absolute Gasteiger partial charge is 0.248 e. The minimum Gasteiger partial charge on any atom is -0.375 e. The Hall–Kier alpha value is -2.21. The van der Waals surface area contributed by atoms with Gasteiger partial charge in [-0.25, -0.2) is 0 Å². The highest BCUT2D eigenvalue weighted by atomic mass is 16.5. The van der Waals surface area contributed by atoms with Gasteiger partial charge in [0.1, 0.15) is 6.61 Å². The maximum absolute atomic E-state index is 11.8. The van der Waals surface area contributed by atoms with Gasteiger partial charge in [0.05, 0.1) is 0 Å². The summed E-state index contributed by atoms with van der Waals surface area (Å²) in [6, 6.07) is 9.77. The maximum atomic E-state index is 11.8. The van der Waals surface area contributed by atoms with Crippen molar-refractivity contribution in [3.05, 3.63) is 36.2 Å². The van der Waals surface area contributed by atoms with Crippen molar-refractivity contribution < 1.29 is 14.1 Å². The number of carbonyl (C=O) groups excluding carboxylic acids is 1. The third-order valence-corrected chi connectivity index (χ3v) is 3.94. The lowest BCUT2D eigenvalue weighted by Crippen LogP contribution is -2.39. The number of carbonyl (C=O) groups is 1. The predicted molar refractivity (Wildman–Crippen MR) is 80.2 cm³/mol. The van der Waals surface area contributed by atoms with Gasteiger partial charge in [0, 0.05) is 31.7 Å². The lowest BCUT2D eigenvalue weighted by Gasteiger charge is -2.30. The molecule has 116 valence electrons. The van der Waals surface area contributed by atoms with E-state index in [9.17, 15) is 4.79 Å². The quantitative estimate of drug-likeness (QED) is 0.865. The highest BCUT2D eigenvalue weighted by molar-refractivity contribution is 5.77. The molecule has 0 bridgehead atoms. The number of rotatable bonds is 4. The highest BCUT2D eigenvalue weighted by Gasteiger charge is 2.27. The molecule has 3 rings (SSSR count). The number of ether oxygens (including phenoxy) is 1. The van der Waals surface area contributed by atoms with E-state index < -0.39 is 0 Å². The first-order valence-electron chi connectivity index (χ1n) is 7.43. The van der Waals surface area contributed by atoms with Crippen molar-refractivity contribution in [1.29, 1.82) is 0 Å².